The molecule has 1 aromatic rings. The summed E-state index contributed by atoms with van der Waals surface area (Å²) in [4.78, 5) is 17.0. The van der Waals surface area contributed by atoms with Crippen LogP contribution in [0.1, 0.15) is 30.0 Å². The lowest BCUT2D eigenvalue weighted by Crippen LogP contribution is -2.54. The third-order valence-electron chi connectivity index (χ3n) is 5.04. The molecule has 2 aliphatic heterocycles. The number of aryl methyl sites for hydroxylation is 1. The molecule has 0 bridgehead atoms. The second kappa shape index (κ2) is 10.3. The van der Waals surface area contributed by atoms with E-state index in [4.69, 9.17) is 10.5 Å². The highest BCUT2D eigenvalue weighted by Crippen LogP contribution is 2.19. The minimum atomic E-state index is -0.551. The molecular formula is C18H29Cl2N3O2. The molecule has 2 aliphatic rings. The monoisotopic (exact) mass is 389 g/mol. The first-order valence-corrected chi connectivity index (χ1v) is 8.58. The quantitative estimate of drug-likeness (QED) is 0.860. The van der Waals surface area contributed by atoms with Gasteiger partial charge in [-0.25, -0.2) is 0 Å². The maximum atomic E-state index is 12.6. The van der Waals surface area contributed by atoms with E-state index >= 15 is 0 Å². The highest BCUT2D eigenvalue weighted by molar-refractivity contribution is 5.85. The van der Waals surface area contributed by atoms with E-state index in [2.05, 4.69) is 4.90 Å². The van der Waals surface area contributed by atoms with Crippen LogP contribution in [0, 0.1) is 6.92 Å². The number of carbonyl (C=O) groups is 1. The number of rotatable bonds is 3. The number of halogens is 2. The second-order valence-electron chi connectivity index (χ2n) is 6.59. The van der Waals surface area contributed by atoms with Crippen molar-refractivity contribution in [2.45, 2.75) is 31.8 Å². The van der Waals surface area contributed by atoms with Crippen molar-refractivity contribution in [3.05, 3.63) is 35.4 Å². The number of piperazine rings is 1. The summed E-state index contributed by atoms with van der Waals surface area (Å²) in [5.74, 6) is 0.0421. The topological polar surface area (TPSA) is 58.8 Å². The van der Waals surface area contributed by atoms with Gasteiger partial charge in [0.25, 0.3) is 0 Å². The molecule has 1 aromatic carbocycles. The average molecular weight is 390 g/mol. The summed E-state index contributed by atoms with van der Waals surface area (Å²) in [6.45, 7) is 7.19. The summed E-state index contributed by atoms with van der Waals surface area (Å²) in [5, 5.41) is 0. The normalized spacial score (nSPS) is 20.3. The van der Waals surface area contributed by atoms with Crippen molar-refractivity contribution >= 4 is 30.7 Å². The Morgan fingerprint density at radius 3 is 2.20 bits per heavy atom. The summed E-state index contributed by atoms with van der Waals surface area (Å²) in [6, 6.07) is 7.99. The fraction of sp³-hybridized carbons (Fsp3) is 0.611. The van der Waals surface area contributed by atoms with E-state index < -0.39 is 6.04 Å². The van der Waals surface area contributed by atoms with Crippen LogP contribution >= 0.6 is 24.8 Å². The van der Waals surface area contributed by atoms with Crippen molar-refractivity contribution in [1.29, 1.82) is 0 Å². The molecule has 1 amide bonds. The van der Waals surface area contributed by atoms with Crippen molar-refractivity contribution in [3.63, 3.8) is 0 Å². The predicted octanol–water partition coefficient (Wildman–Crippen LogP) is 2.16. The van der Waals surface area contributed by atoms with E-state index in [0.717, 1.165) is 57.8 Å². The Kier molecular flexibility index (Phi) is 9.17. The third kappa shape index (κ3) is 5.56. The first-order chi connectivity index (χ1) is 11.1. The number of benzene rings is 1. The highest BCUT2D eigenvalue weighted by atomic mass is 35.5. The number of hydrogen-bond acceptors (Lipinski definition) is 4. The number of nitrogens with two attached hydrogens (primary N) is 1. The molecule has 0 spiro atoms. The van der Waals surface area contributed by atoms with E-state index in [9.17, 15) is 4.79 Å². The number of nitrogens with zero attached hydrogens (tertiary/aromatic N) is 2. The molecule has 142 valence electrons. The lowest BCUT2D eigenvalue weighted by atomic mass is 10.0. The Hall–Kier alpha value is -0.850. The molecule has 0 aliphatic carbocycles. The van der Waals surface area contributed by atoms with Gasteiger partial charge in [0.2, 0.25) is 5.91 Å². The molecule has 25 heavy (non-hydrogen) atoms. The van der Waals surface area contributed by atoms with E-state index in [1.54, 1.807) is 0 Å². The molecule has 0 saturated carbocycles. The van der Waals surface area contributed by atoms with Crippen LogP contribution in [-0.2, 0) is 9.53 Å². The first-order valence-electron chi connectivity index (χ1n) is 8.58. The van der Waals surface area contributed by atoms with Crippen molar-refractivity contribution in [2.24, 2.45) is 5.73 Å². The summed E-state index contributed by atoms with van der Waals surface area (Å²) in [5.41, 5.74) is 8.25. The van der Waals surface area contributed by atoms with Gasteiger partial charge in [-0.3, -0.25) is 9.69 Å². The summed E-state index contributed by atoms with van der Waals surface area (Å²) in [6.07, 6.45) is 2.22. The van der Waals surface area contributed by atoms with E-state index in [1.807, 2.05) is 36.1 Å². The van der Waals surface area contributed by atoms with Gasteiger partial charge in [0, 0.05) is 45.4 Å². The molecule has 2 fully saturated rings. The molecule has 2 heterocycles. The van der Waals surface area contributed by atoms with Crippen LogP contribution in [0.25, 0.3) is 0 Å². The van der Waals surface area contributed by atoms with Crippen molar-refractivity contribution in [2.75, 3.05) is 39.4 Å². The average Bonchev–Trinajstić information content (AvgIpc) is 2.62. The van der Waals surface area contributed by atoms with Gasteiger partial charge in [-0.2, -0.15) is 0 Å². The third-order valence-corrected chi connectivity index (χ3v) is 5.04. The van der Waals surface area contributed by atoms with Crippen LogP contribution < -0.4 is 5.73 Å². The SMILES string of the molecule is Cc1ccc(C(N)C(=O)N2CCN(C3CCOCC3)CC2)cc1.Cl.Cl. The Bertz CT molecular complexity index is 528. The van der Waals surface area contributed by atoms with Crippen LogP contribution in [-0.4, -0.2) is 61.1 Å². The van der Waals surface area contributed by atoms with Gasteiger partial charge in [-0.05, 0) is 25.3 Å². The Labute approximate surface area is 162 Å². The molecule has 1 unspecified atom stereocenters. The zero-order valence-corrected chi connectivity index (χ0v) is 16.4. The van der Waals surface area contributed by atoms with Gasteiger partial charge in [0.05, 0.1) is 0 Å². The van der Waals surface area contributed by atoms with Crippen LogP contribution in [0.5, 0.6) is 0 Å². The molecule has 0 radical (unpaired) electrons. The van der Waals surface area contributed by atoms with Crippen molar-refractivity contribution in [3.8, 4) is 0 Å². The van der Waals surface area contributed by atoms with Gasteiger partial charge in [0.1, 0.15) is 6.04 Å². The number of hydrogen-bond donors (Lipinski definition) is 1. The second-order valence-corrected chi connectivity index (χ2v) is 6.59. The van der Waals surface area contributed by atoms with Crippen LogP contribution in [0.2, 0.25) is 0 Å². The van der Waals surface area contributed by atoms with Gasteiger partial charge in [0.15, 0.2) is 0 Å². The van der Waals surface area contributed by atoms with Gasteiger partial charge in [-0.1, -0.05) is 29.8 Å². The molecule has 3 rings (SSSR count). The molecule has 7 heteroatoms. The summed E-state index contributed by atoms with van der Waals surface area (Å²) < 4.78 is 5.43. The fourth-order valence-corrected chi connectivity index (χ4v) is 3.47. The maximum Gasteiger partial charge on any atom is 0.244 e. The van der Waals surface area contributed by atoms with Gasteiger partial charge in [-0.15, -0.1) is 24.8 Å². The Balaban J connectivity index is 0.00000156. The lowest BCUT2D eigenvalue weighted by molar-refractivity contribution is -0.135. The summed E-state index contributed by atoms with van der Waals surface area (Å²) >= 11 is 0. The van der Waals surface area contributed by atoms with Crippen LogP contribution in [0.15, 0.2) is 24.3 Å². The zero-order valence-electron chi connectivity index (χ0n) is 14.7. The van der Waals surface area contributed by atoms with Crippen molar-refractivity contribution < 1.29 is 9.53 Å². The van der Waals surface area contributed by atoms with Gasteiger partial charge >= 0.3 is 0 Å². The summed E-state index contributed by atoms with van der Waals surface area (Å²) in [7, 11) is 0. The van der Waals surface area contributed by atoms with Crippen LogP contribution in [0.4, 0.5) is 0 Å². The highest BCUT2D eigenvalue weighted by Gasteiger charge is 2.29. The minimum absolute atomic E-state index is 0. The Morgan fingerprint density at radius 1 is 1.08 bits per heavy atom. The number of amides is 1. The standard InChI is InChI=1S/C18H27N3O2.2ClH/c1-14-2-4-15(5-3-14)17(19)18(22)21-10-8-20(9-11-21)16-6-12-23-13-7-16;;/h2-5,16-17H,6-13,19H2,1H3;2*1H. The van der Waals surface area contributed by atoms with E-state index in [-0.39, 0.29) is 30.7 Å². The Morgan fingerprint density at radius 2 is 1.64 bits per heavy atom. The molecule has 2 saturated heterocycles. The number of ether oxygens (including phenoxy) is 1. The number of carbonyl (C=O) groups excluding carboxylic acids is 1. The molecule has 5 nitrogen and oxygen atoms in total. The van der Waals surface area contributed by atoms with Crippen molar-refractivity contribution in [1.82, 2.24) is 9.80 Å². The zero-order chi connectivity index (χ0) is 16.2. The minimum Gasteiger partial charge on any atom is -0.381 e. The van der Waals surface area contributed by atoms with Gasteiger partial charge < -0.3 is 15.4 Å². The predicted molar refractivity (Wildman–Crippen MR) is 105 cm³/mol. The largest absolute Gasteiger partial charge is 0.381 e. The molecule has 2 N–H and O–H groups in total. The molecule has 0 aromatic heterocycles. The fourth-order valence-electron chi connectivity index (χ4n) is 3.47. The molecular weight excluding hydrogens is 361 g/mol. The maximum absolute atomic E-state index is 12.6. The van der Waals surface area contributed by atoms with E-state index in [1.165, 1.54) is 5.56 Å². The van der Waals surface area contributed by atoms with Crippen LogP contribution in [0.3, 0.4) is 0 Å². The molecule has 1 atom stereocenters. The van der Waals surface area contributed by atoms with E-state index in [0.29, 0.717) is 6.04 Å². The smallest absolute Gasteiger partial charge is 0.244 e. The first kappa shape index (κ1) is 22.2. The lowest BCUT2D eigenvalue weighted by Gasteiger charge is -2.41.